The Kier molecular flexibility index (Phi) is 7.52. The Morgan fingerprint density at radius 2 is 1.60 bits per heavy atom. The summed E-state index contributed by atoms with van der Waals surface area (Å²) in [6.07, 6.45) is 15.4. The molecule has 1 fully saturated rings. The third-order valence-electron chi connectivity index (χ3n) is 3.69. The molecular formula is C14H27Cl. The fraction of sp³-hybridized carbons (Fsp3) is 1.00. The third kappa shape index (κ3) is 6.45. The Hall–Kier alpha value is 0.290. The lowest BCUT2D eigenvalue weighted by Gasteiger charge is -2.08. The summed E-state index contributed by atoms with van der Waals surface area (Å²) < 4.78 is 0. The van der Waals surface area contributed by atoms with Crippen LogP contribution < -0.4 is 0 Å². The minimum Gasteiger partial charge on any atom is -0.123 e. The van der Waals surface area contributed by atoms with Crippen LogP contribution in [0.3, 0.4) is 0 Å². The van der Waals surface area contributed by atoms with Gasteiger partial charge in [-0.25, -0.2) is 0 Å². The molecule has 0 unspecified atom stereocenters. The van der Waals surface area contributed by atoms with Crippen molar-refractivity contribution in [3.63, 3.8) is 0 Å². The van der Waals surface area contributed by atoms with Crippen LogP contribution in [-0.2, 0) is 0 Å². The zero-order valence-corrected chi connectivity index (χ0v) is 11.1. The van der Waals surface area contributed by atoms with Gasteiger partial charge >= 0.3 is 0 Å². The summed E-state index contributed by atoms with van der Waals surface area (Å²) in [6.45, 7) is 2.28. The SMILES string of the molecule is CCCCCCCCC[C@H]1CC[C@@H](Cl)C1. The summed E-state index contributed by atoms with van der Waals surface area (Å²) in [4.78, 5) is 0. The van der Waals surface area contributed by atoms with E-state index in [1.54, 1.807) is 0 Å². The highest BCUT2D eigenvalue weighted by molar-refractivity contribution is 6.20. The van der Waals surface area contributed by atoms with Crippen molar-refractivity contribution in [2.75, 3.05) is 0 Å². The van der Waals surface area contributed by atoms with E-state index >= 15 is 0 Å². The molecule has 0 radical (unpaired) electrons. The minimum atomic E-state index is 0.500. The Labute approximate surface area is 101 Å². The summed E-state index contributed by atoms with van der Waals surface area (Å²) in [5.74, 6) is 0.961. The Bertz CT molecular complexity index is 144. The van der Waals surface area contributed by atoms with Crippen molar-refractivity contribution < 1.29 is 0 Å². The molecular weight excluding hydrogens is 204 g/mol. The molecule has 1 rings (SSSR count). The molecule has 2 atom stereocenters. The first-order valence-electron chi connectivity index (χ1n) is 6.97. The molecule has 0 aliphatic heterocycles. The van der Waals surface area contributed by atoms with E-state index in [4.69, 9.17) is 11.6 Å². The third-order valence-corrected chi connectivity index (χ3v) is 4.09. The van der Waals surface area contributed by atoms with Crippen LogP contribution in [0.25, 0.3) is 0 Å². The molecule has 1 heteroatoms. The number of hydrogen-bond acceptors (Lipinski definition) is 0. The first kappa shape index (κ1) is 13.4. The van der Waals surface area contributed by atoms with Gasteiger partial charge < -0.3 is 0 Å². The molecule has 15 heavy (non-hydrogen) atoms. The van der Waals surface area contributed by atoms with Crippen molar-refractivity contribution in [1.82, 2.24) is 0 Å². The summed E-state index contributed by atoms with van der Waals surface area (Å²) in [6, 6.07) is 0. The number of alkyl halides is 1. The molecule has 1 aliphatic carbocycles. The summed E-state index contributed by atoms with van der Waals surface area (Å²) >= 11 is 6.10. The molecule has 0 spiro atoms. The lowest BCUT2D eigenvalue weighted by Crippen LogP contribution is -1.95. The van der Waals surface area contributed by atoms with Crippen molar-refractivity contribution in [3.8, 4) is 0 Å². The van der Waals surface area contributed by atoms with Gasteiger partial charge in [-0.1, -0.05) is 58.3 Å². The van der Waals surface area contributed by atoms with Crippen LogP contribution in [0.4, 0.5) is 0 Å². The van der Waals surface area contributed by atoms with Gasteiger partial charge in [-0.3, -0.25) is 0 Å². The second kappa shape index (κ2) is 8.44. The van der Waals surface area contributed by atoms with Gasteiger partial charge in [0.1, 0.15) is 0 Å². The molecule has 0 aromatic carbocycles. The van der Waals surface area contributed by atoms with Crippen LogP contribution in [0, 0.1) is 5.92 Å². The van der Waals surface area contributed by atoms with Gasteiger partial charge in [-0.15, -0.1) is 11.6 Å². The topological polar surface area (TPSA) is 0 Å². The van der Waals surface area contributed by atoms with Crippen LogP contribution in [0.5, 0.6) is 0 Å². The molecule has 1 saturated carbocycles. The van der Waals surface area contributed by atoms with Gasteiger partial charge in [0.15, 0.2) is 0 Å². The zero-order valence-electron chi connectivity index (χ0n) is 10.3. The van der Waals surface area contributed by atoms with Gasteiger partial charge in [-0.05, 0) is 25.2 Å². The van der Waals surface area contributed by atoms with Crippen LogP contribution in [0.2, 0.25) is 0 Å². The van der Waals surface area contributed by atoms with E-state index in [0.717, 1.165) is 5.92 Å². The van der Waals surface area contributed by atoms with Crippen molar-refractivity contribution in [2.24, 2.45) is 5.92 Å². The van der Waals surface area contributed by atoms with Crippen molar-refractivity contribution in [2.45, 2.75) is 82.9 Å². The van der Waals surface area contributed by atoms with Gasteiger partial charge in [0.2, 0.25) is 0 Å². The first-order chi connectivity index (χ1) is 7.33. The molecule has 0 N–H and O–H groups in total. The van der Waals surface area contributed by atoms with Crippen molar-refractivity contribution in [1.29, 1.82) is 0 Å². The van der Waals surface area contributed by atoms with Gasteiger partial charge in [0.05, 0.1) is 0 Å². The van der Waals surface area contributed by atoms with E-state index in [2.05, 4.69) is 6.92 Å². The average Bonchev–Trinajstić information content (AvgIpc) is 2.63. The highest BCUT2D eigenvalue weighted by Crippen LogP contribution is 2.32. The van der Waals surface area contributed by atoms with Crippen molar-refractivity contribution in [3.05, 3.63) is 0 Å². The maximum Gasteiger partial charge on any atom is 0.0338 e. The quantitative estimate of drug-likeness (QED) is 0.380. The summed E-state index contributed by atoms with van der Waals surface area (Å²) in [5, 5.41) is 0.500. The largest absolute Gasteiger partial charge is 0.123 e. The normalized spacial score (nSPS) is 26.0. The molecule has 0 saturated heterocycles. The first-order valence-corrected chi connectivity index (χ1v) is 7.40. The monoisotopic (exact) mass is 230 g/mol. The lowest BCUT2D eigenvalue weighted by atomic mass is 9.99. The molecule has 0 bridgehead atoms. The van der Waals surface area contributed by atoms with E-state index in [1.807, 2.05) is 0 Å². The van der Waals surface area contributed by atoms with Gasteiger partial charge in [0.25, 0.3) is 0 Å². The van der Waals surface area contributed by atoms with Crippen LogP contribution >= 0.6 is 11.6 Å². The maximum atomic E-state index is 6.10. The molecule has 0 amide bonds. The Morgan fingerprint density at radius 3 is 2.20 bits per heavy atom. The van der Waals surface area contributed by atoms with Crippen molar-refractivity contribution >= 4 is 11.6 Å². The highest BCUT2D eigenvalue weighted by atomic mass is 35.5. The van der Waals surface area contributed by atoms with E-state index < -0.39 is 0 Å². The molecule has 0 heterocycles. The molecule has 0 aromatic rings. The Morgan fingerprint density at radius 1 is 0.933 bits per heavy atom. The molecule has 1 aliphatic rings. The van der Waals surface area contributed by atoms with E-state index in [0.29, 0.717) is 5.38 Å². The standard InChI is InChI=1S/C14H27Cl/c1-2-3-4-5-6-7-8-9-13-10-11-14(15)12-13/h13-14H,2-12H2,1H3/t13-,14+/m0/s1. The van der Waals surface area contributed by atoms with Crippen LogP contribution in [0.1, 0.15) is 77.6 Å². The Balaban J connectivity index is 1.81. The smallest absolute Gasteiger partial charge is 0.0338 e. The van der Waals surface area contributed by atoms with Gasteiger partial charge in [0, 0.05) is 5.38 Å². The number of hydrogen-bond donors (Lipinski definition) is 0. The lowest BCUT2D eigenvalue weighted by molar-refractivity contribution is 0.462. The fourth-order valence-corrected chi connectivity index (χ4v) is 3.04. The fourth-order valence-electron chi connectivity index (χ4n) is 2.67. The summed E-state index contributed by atoms with van der Waals surface area (Å²) in [7, 11) is 0. The van der Waals surface area contributed by atoms with Crippen LogP contribution in [-0.4, -0.2) is 5.38 Å². The molecule has 0 nitrogen and oxygen atoms in total. The zero-order chi connectivity index (χ0) is 10.9. The second-order valence-corrected chi connectivity index (χ2v) is 5.80. The predicted molar refractivity (Wildman–Crippen MR) is 69.6 cm³/mol. The summed E-state index contributed by atoms with van der Waals surface area (Å²) in [5.41, 5.74) is 0. The molecule has 90 valence electrons. The highest BCUT2D eigenvalue weighted by Gasteiger charge is 2.21. The number of halogens is 1. The molecule has 0 aromatic heterocycles. The minimum absolute atomic E-state index is 0.500. The second-order valence-electron chi connectivity index (χ2n) is 5.19. The van der Waals surface area contributed by atoms with Crippen LogP contribution in [0.15, 0.2) is 0 Å². The predicted octanol–water partition coefficient (Wildman–Crippen LogP) is 5.53. The van der Waals surface area contributed by atoms with E-state index in [9.17, 15) is 0 Å². The average molecular weight is 231 g/mol. The maximum absolute atomic E-state index is 6.10. The van der Waals surface area contributed by atoms with Gasteiger partial charge in [-0.2, -0.15) is 0 Å². The number of rotatable bonds is 8. The van der Waals surface area contributed by atoms with E-state index in [-0.39, 0.29) is 0 Å². The van der Waals surface area contributed by atoms with E-state index in [1.165, 1.54) is 70.6 Å². The number of unbranched alkanes of at least 4 members (excludes halogenated alkanes) is 6.